The molecule has 466 valence electrons. The van der Waals surface area contributed by atoms with E-state index in [2.05, 4.69) is 255 Å². The smallest absolute Gasteiger partial charge is 0.127 e. The molecule has 9 heterocycles. The highest BCUT2D eigenvalue weighted by atomic mass is 16.5. The van der Waals surface area contributed by atoms with Crippen LogP contribution in [0.3, 0.4) is 0 Å². The Labute approximate surface area is 541 Å². The molecule has 0 fully saturated rings. The molecule has 0 radical (unpaired) electrons. The summed E-state index contributed by atoms with van der Waals surface area (Å²) in [6, 6.07) is 52.2. The molecule has 92 heavy (non-hydrogen) atoms. The van der Waals surface area contributed by atoms with E-state index < -0.39 is 0 Å². The van der Waals surface area contributed by atoms with E-state index in [0.717, 1.165) is 165 Å². The molecule has 7 aromatic heterocycles. The maximum Gasteiger partial charge on any atom is 0.127 e. The van der Waals surface area contributed by atoms with E-state index in [4.69, 9.17) is 19.4 Å². The van der Waals surface area contributed by atoms with Crippen molar-refractivity contribution in [2.45, 2.75) is 130 Å². The molecular weight excluding hydrogens is 1130 g/mol. The van der Waals surface area contributed by atoms with E-state index in [1.165, 1.54) is 56.2 Å². The highest BCUT2D eigenvalue weighted by molar-refractivity contribution is 6.02. The average molecular weight is 1220 g/mol. The van der Waals surface area contributed by atoms with Gasteiger partial charge >= 0.3 is 0 Å². The van der Waals surface area contributed by atoms with Gasteiger partial charge in [-0.1, -0.05) is 110 Å². The van der Waals surface area contributed by atoms with Crippen LogP contribution in [-0.4, -0.2) is 53.1 Å². The predicted molar refractivity (Wildman–Crippen MR) is 382 cm³/mol. The number of benzene rings is 4. The van der Waals surface area contributed by atoms with Crippen LogP contribution >= 0.6 is 0 Å². The summed E-state index contributed by atoms with van der Waals surface area (Å²) in [7, 11) is 0. The summed E-state index contributed by atoms with van der Waals surface area (Å²) < 4.78 is 13.8. The van der Waals surface area contributed by atoms with Gasteiger partial charge in [0.25, 0.3) is 0 Å². The summed E-state index contributed by atoms with van der Waals surface area (Å²) in [5.74, 6) is 1.65. The third-order valence-corrected chi connectivity index (χ3v) is 19.3. The lowest BCUT2D eigenvalue weighted by atomic mass is 9.78. The summed E-state index contributed by atoms with van der Waals surface area (Å²) in [5.41, 5.74) is 27.4. The Kier molecular flexibility index (Phi) is 17.6. The van der Waals surface area contributed by atoms with E-state index in [1.807, 2.05) is 24.8 Å². The number of H-pyrrole nitrogens is 6. The molecule has 0 aliphatic carbocycles. The Morgan fingerprint density at radius 3 is 0.989 bits per heavy atom. The summed E-state index contributed by atoms with van der Waals surface area (Å²) >= 11 is 0. The lowest BCUT2D eigenvalue weighted by Gasteiger charge is -2.28. The van der Waals surface area contributed by atoms with Gasteiger partial charge in [-0.3, -0.25) is 0 Å². The van der Waals surface area contributed by atoms with Gasteiger partial charge in [0.05, 0.1) is 36.0 Å². The first kappa shape index (κ1) is 61.1. The quantitative estimate of drug-likeness (QED) is 0.0336. The second-order valence-corrected chi connectivity index (χ2v) is 26.1. The number of unbranched alkanes of at least 4 members (excludes halogenated alkanes) is 6. The van der Waals surface area contributed by atoms with E-state index in [-0.39, 0.29) is 10.8 Å². The molecule has 0 saturated heterocycles. The number of fused-ring (bicyclic) bond motifs is 8. The van der Waals surface area contributed by atoms with Crippen molar-refractivity contribution in [1.29, 1.82) is 0 Å². The van der Waals surface area contributed by atoms with E-state index in [1.54, 1.807) is 0 Å². The van der Waals surface area contributed by atoms with Crippen LogP contribution in [0.25, 0.3) is 90.9 Å². The topological polar surface area (TPSA) is 139 Å². The van der Waals surface area contributed by atoms with Crippen LogP contribution < -0.4 is 9.47 Å². The summed E-state index contributed by atoms with van der Waals surface area (Å²) in [4.78, 5) is 33.6. The third kappa shape index (κ3) is 12.3. The molecule has 0 amide bonds. The molecule has 2 aliphatic rings. The van der Waals surface area contributed by atoms with E-state index >= 15 is 0 Å². The number of aromatic nitrogens is 8. The number of hydrogen-bond donors (Lipinski definition) is 6. The van der Waals surface area contributed by atoms with Crippen LogP contribution in [0, 0.1) is 41.5 Å². The van der Waals surface area contributed by atoms with Gasteiger partial charge in [0.15, 0.2) is 0 Å². The highest BCUT2D eigenvalue weighted by Gasteiger charge is 2.32. The Morgan fingerprint density at radius 2 is 0.652 bits per heavy atom. The fraction of sp³-hybridized carbons (Fsp3) is 0.268. The first-order valence-electron chi connectivity index (χ1n) is 33.2. The molecule has 11 aromatic rings. The number of para-hydroxylation sites is 2. The minimum absolute atomic E-state index is 0.112. The van der Waals surface area contributed by atoms with Crippen molar-refractivity contribution in [3.63, 3.8) is 0 Å². The number of nitrogens with one attached hydrogen (secondary N) is 6. The molecular formula is C82H86N8O2. The maximum atomic E-state index is 6.91. The molecule has 0 saturated carbocycles. The number of aryl methyl sites for hydroxylation is 6. The summed E-state index contributed by atoms with van der Waals surface area (Å²) in [5, 5.41) is 0. The number of ether oxygens (including phenoxy) is 2. The molecule has 0 spiro atoms. The van der Waals surface area contributed by atoms with E-state index in [0.29, 0.717) is 13.2 Å². The zero-order valence-electron chi connectivity index (χ0n) is 54.7. The fourth-order valence-corrected chi connectivity index (χ4v) is 14.8. The van der Waals surface area contributed by atoms with Crippen molar-refractivity contribution in [3.8, 4) is 56.0 Å². The molecule has 2 aliphatic heterocycles. The predicted octanol–water partition coefficient (Wildman–Crippen LogP) is 21.2. The van der Waals surface area contributed by atoms with Crippen LogP contribution in [0.2, 0.25) is 0 Å². The zero-order chi connectivity index (χ0) is 63.3. The molecule has 0 unspecified atom stereocenters. The van der Waals surface area contributed by atoms with Crippen LogP contribution in [0.5, 0.6) is 11.5 Å². The standard InChI is InChI=1S/C82H86N8O2/c1-53-49-55(3)75(56(4)50-53)79-65-37-33-61(87-65)77(59-25-13-15-27-69(59)91-47-19-11-9-17-41-81(7,71-29-21-43-83-71)72-30-22-44-84-72)63-35-39-67(89-63)80(76-57(5)51-54(2)52-58(76)6)68-40-36-64(90-68)78(62-34-38-66(79)88-62)60-26-14-16-28-70(60)92-48-20-12-10-18-42-82(8,73-31-23-45-85-73)74-32-24-46-86-74/h13-16,21-40,43-46,49-52,83-87,90H,9-12,17-20,41-42,47-48H2,1-8H3. The summed E-state index contributed by atoms with van der Waals surface area (Å²) in [6.07, 6.45) is 27.4. The SMILES string of the molecule is Cc1cc(C)c(-c2c3nc(c(-c4ccccc4OCCCCCCC(C)(c4ccc[nH]4)c4ccc[nH]4)c4ccc([nH]4)c(-c4c(C)cc(C)cc4C)c4nc(c(-c5ccccc5OCCCCCCC(C)(c5ccc[nH]5)c5ccc[nH]5)c5ccc2[nH]5)C=C4)C=C3)c(C)c1. The second kappa shape index (κ2) is 26.6. The summed E-state index contributed by atoms with van der Waals surface area (Å²) in [6.45, 7) is 19.1. The van der Waals surface area contributed by atoms with Crippen LogP contribution in [0.4, 0.5) is 0 Å². The first-order valence-corrected chi connectivity index (χ1v) is 33.2. The molecule has 10 nitrogen and oxygen atoms in total. The molecule has 0 atom stereocenters. The minimum atomic E-state index is -0.112. The minimum Gasteiger partial charge on any atom is -0.493 e. The van der Waals surface area contributed by atoms with Crippen molar-refractivity contribution in [3.05, 3.63) is 249 Å². The Hall–Kier alpha value is -9.80. The monoisotopic (exact) mass is 1210 g/mol. The Bertz CT molecular complexity index is 4220. The van der Waals surface area contributed by atoms with Crippen molar-refractivity contribution in [1.82, 2.24) is 39.9 Å². The van der Waals surface area contributed by atoms with Gasteiger partial charge in [0.1, 0.15) is 11.5 Å². The van der Waals surface area contributed by atoms with Crippen molar-refractivity contribution in [2.24, 2.45) is 0 Å². The number of aromatic amines is 6. The van der Waals surface area contributed by atoms with Gasteiger partial charge in [-0.15, -0.1) is 0 Å². The Balaban J connectivity index is 0.893. The first-order chi connectivity index (χ1) is 44.8. The number of rotatable bonds is 24. The lowest BCUT2D eigenvalue weighted by molar-refractivity contribution is 0.304. The van der Waals surface area contributed by atoms with Gasteiger partial charge in [-0.25, -0.2) is 9.97 Å². The van der Waals surface area contributed by atoms with Gasteiger partial charge in [-0.2, -0.15) is 0 Å². The molecule has 4 aromatic carbocycles. The number of hydrogen-bond acceptors (Lipinski definition) is 4. The molecule has 10 heteroatoms. The largest absolute Gasteiger partial charge is 0.493 e. The zero-order valence-corrected chi connectivity index (χ0v) is 54.7. The van der Waals surface area contributed by atoms with Gasteiger partial charge in [0.2, 0.25) is 0 Å². The van der Waals surface area contributed by atoms with Gasteiger partial charge in [0, 0.05) is 114 Å². The third-order valence-electron chi connectivity index (χ3n) is 19.3. The van der Waals surface area contributed by atoms with Crippen LogP contribution in [0.1, 0.15) is 157 Å². The molecule has 13 rings (SSSR count). The normalized spacial score (nSPS) is 12.3. The Morgan fingerprint density at radius 1 is 0.337 bits per heavy atom. The lowest BCUT2D eigenvalue weighted by Crippen LogP contribution is -2.24. The van der Waals surface area contributed by atoms with Gasteiger partial charge in [-0.05, 0) is 224 Å². The van der Waals surface area contributed by atoms with Crippen molar-refractivity contribution in [2.75, 3.05) is 13.2 Å². The van der Waals surface area contributed by atoms with Gasteiger partial charge < -0.3 is 39.4 Å². The van der Waals surface area contributed by atoms with E-state index in [9.17, 15) is 0 Å². The highest BCUT2D eigenvalue weighted by Crippen LogP contribution is 2.45. The van der Waals surface area contributed by atoms with Crippen molar-refractivity contribution < 1.29 is 9.47 Å². The second-order valence-electron chi connectivity index (χ2n) is 26.1. The van der Waals surface area contributed by atoms with Crippen LogP contribution in [-0.2, 0) is 10.8 Å². The fourth-order valence-electron chi connectivity index (χ4n) is 14.8. The average Bonchev–Trinajstić information content (AvgIpc) is 1.67. The number of nitrogens with zero attached hydrogens (tertiary/aromatic N) is 2. The van der Waals surface area contributed by atoms with Crippen molar-refractivity contribution >= 4 is 46.4 Å². The van der Waals surface area contributed by atoms with Crippen LogP contribution in [0.15, 0.2) is 170 Å². The molecule has 6 N–H and O–H groups in total. The maximum absolute atomic E-state index is 6.91. The molecule has 8 bridgehead atoms.